The number of benzene rings is 1. The van der Waals surface area contributed by atoms with E-state index in [9.17, 15) is 22.0 Å². The van der Waals surface area contributed by atoms with E-state index in [2.05, 4.69) is 4.98 Å². The number of carbonyl (C=O) groups is 1. The molecule has 1 aromatic carbocycles. The van der Waals surface area contributed by atoms with Gasteiger partial charge in [0.2, 0.25) is 10.0 Å². The highest BCUT2D eigenvalue weighted by Crippen LogP contribution is 2.24. The van der Waals surface area contributed by atoms with Gasteiger partial charge in [-0.05, 0) is 30.2 Å². The van der Waals surface area contributed by atoms with E-state index in [4.69, 9.17) is 11.0 Å². The summed E-state index contributed by atoms with van der Waals surface area (Å²) in [5.74, 6) is -3.64. The highest BCUT2D eigenvalue weighted by atomic mass is 32.2. The molecule has 0 atom stereocenters. The molecule has 0 aliphatic carbocycles. The molecule has 3 N–H and O–H groups in total. The van der Waals surface area contributed by atoms with Crippen LogP contribution in [0.3, 0.4) is 0 Å². The van der Waals surface area contributed by atoms with Gasteiger partial charge in [0.15, 0.2) is 11.6 Å². The van der Waals surface area contributed by atoms with E-state index < -0.39 is 45.1 Å². The van der Waals surface area contributed by atoms with E-state index in [0.717, 1.165) is 12.1 Å². The Labute approximate surface area is 154 Å². The van der Waals surface area contributed by atoms with Crippen molar-refractivity contribution >= 4 is 27.3 Å². The van der Waals surface area contributed by atoms with E-state index in [1.165, 1.54) is 12.3 Å². The Balaban J connectivity index is 2.36. The van der Waals surface area contributed by atoms with Crippen LogP contribution in [0.5, 0.6) is 0 Å². The second-order valence-corrected chi connectivity index (χ2v) is 7.53. The number of anilines is 2. The van der Waals surface area contributed by atoms with E-state index in [0.29, 0.717) is 6.42 Å². The third-order valence-electron chi connectivity index (χ3n) is 3.57. The Bertz CT molecular complexity index is 1030. The molecule has 1 heterocycles. The van der Waals surface area contributed by atoms with Gasteiger partial charge in [0.05, 0.1) is 22.6 Å². The van der Waals surface area contributed by atoms with Gasteiger partial charge in [0, 0.05) is 12.6 Å². The topological polar surface area (TPSA) is 126 Å². The number of Topliss-reactive ketones (excluding diaryl/α,β-unsaturated/α-hetero) is 1. The smallest absolute Gasteiger partial charge is 0.232 e. The van der Waals surface area contributed by atoms with Crippen molar-refractivity contribution in [2.75, 3.05) is 16.2 Å². The number of rotatable bonds is 7. The van der Waals surface area contributed by atoms with Gasteiger partial charge >= 0.3 is 0 Å². The first-order valence-electron chi connectivity index (χ1n) is 7.84. The summed E-state index contributed by atoms with van der Waals surface area (Å²) in [6, 6.07) is 4.81. The number of hydrogen-bond donors (Lipinski definition) is 2. The molecule has 142 valence electrons. The van der Waals surface area contributed by atoms with Crippen molar-refractivity contribution in [3.8, 4) is 6.07 Å². The molecule has 0 unspecified atom stereocenters. The maximum Gasteiger partial charge on any atom is 0.232 e. The number of nitrogen functional groups attached to an aromatic ring is 1. The Hall–Kier alpha value is -3.06. The standard InChI is InChI=1S/C17H16F2N4O3S/c1-2-5-27(25,26)23-13-4-3-12(18)15(16(13)19)14(24)7-10-6-11(8-20)17(21)22-9-10/h3-4,6,9,23H,2,5,7H2,1H3,(H2,21,22). The number of halogens is 2. The number of pyridine rings is 1. The molecule has 1 aromatic heterocycles. The summed E-state index contributed by atoms with van der Waals surface area (Å²) in [4.78, 5) is 16.1. The first kappa shape index (κ1) is 20.3. The average Bonchev–Trinajstić information content (AvgIpc) is 2.59. The minimum Gasteiger partial charge on any atom is -0.383 e. The Morgan fingerprint density at radius 3 is 2.70 bits per heavy atom. The molecular weight excluding hydrogens is 378 g/mol. The van der Waals surface area contributed by atoms with Gasteiger partial charge in [0.1, 0.15) is 17.7 Å². The fourth-order valence-corrected chi connectivity index (χ4v) is 3.49. The number of carbonyl (C=O) groups excluding carboxylic acids is 1. The largest absolute Gasteiger partial charge is 0.383 e. The quantitative estimate of drug-likeness (QED) is 0.695. The predicted molar refractivity (Wildman–Crippen MR) is 95.5 cm³/mol. The van der Waals surface area contributed by atoms with Crippen LogP contribution >= 0.6 is 0 Å². The van der Waals surface area contributed by atoms with E-state index >= 15 is 0 Å². The van der Waals surface area contributed by atoms with Crippen LogP contribution in [0.15, 0.2) is 24.4 Å². The van der Waals surface area contributed by atoms with Crippen LogP contribution in [-0.2, 0) is 16.4 Å². The van der Waals surface area contributed by atoms with Crippen molar-refractivity contribution in [1.82, 2.24) is 4.98 Å². The molecule has 0 bridgehead atoms. The minimum absolute atomic E-state index is 0.0293. The highest BCUT2D eigenvalue weighted by molar-refractivity contribution is 7.92. The van der Waals surface area contributed by atoms with Crippen LogP contribution in [0, 0.1) is 23.0 Å². The van der Waals surface area contributed by atoms with Crippen molar-refractivity contribution in [3.63, 3.8) is 0 Å². The molecule has 0 radical (unpaired) electrons. The summed E-state index contributed by atoms with van der Waals surface area (Å²) in [6.07, 6.45) is 1.08. The van der Waals surface area contributed by atoms with Crippen molar-refractivity contribution in [2.24, 2.45) is 0 Å². The fraction of sp³-hybridized carbons (Fsp3) is 0.235. The summed E-state index contributed by atoms with van der Waals surface area (Å²) in [6.45, 7) is 1.63. The number of nitrogens with zero attached hydrogens (tertiary/aromatic N) is 2. The maximum atomic E-state index is 14.6. The molecule has 0 amide bonds. The zero-order valence-electron chi connectivity index (χ0n) is 14.3. The summed E-state index contributed by atoms with van der Waals surface area (Å²) < 4.78 is 54.3. The van der Waals surface area contributed by atoms with E-state index in [1.807, 2.05) is 4.72 Å². The van der Waals surface area contributed by atoms with Gasteiger partial charge in [-0.15, -0.1) is 0 Å². The van der Waals surface area contributed by atoms with Crippen LogP contribution < -0.4 is 10.5 Å². The van der Waals surface area contributed by atoms with Crippen LogP contribution in [0.2, 0.25) is 0 Å². The predicted octanol–water partition coefficient (Wildman–Crippen LogP) is 2.39. The van der Waals surface area contributed by atoms with Gasteiger partial charge in [-0.2, -0.15) is 5.26 Å². The lowest BCUT2D eigenvalue weighted by molar-refractivity contribution is 0.0985. The second kappa shape index (κ2) is 8.09. The third-order valence-corrected chi connectivity index (χ3v) is 5.05. The molecule has 10 heteroatoms. The van der Waals surface area contributed by atoms with Crippen molar-refractivity contribution in [1.29, 1.82) is 5.26 Å². The molecule has 0 saturated carbocycles. The number of hydrogen-bond acceptors (Lipinski definition) is 6. The van der Waals surface area contributed by atoms with E-state index in [1.54, 1.807) is 13.0 Å². The fourth-order valence-electron chi connectivity index (χ4n) is 2.35. The summed E-state index contributed by atoms with van der Waals surface area (Å²) in [7, 11) is -3.82. The Kier molecular flexibility index (Phi) is 6.07. The van der Waals surface area contributed by atoms with Crippen LogP contribution in [0.1, 0.15) is 34.8 Å². The molecule has 0 aliphatic heterocycles. The average molecular weight is 394 g/mol. The zero-order valence-corrected chi connectivity index (χ0v) is 15.1. The lowest BCUT2D eigenvalue weighted by atomic mass is 10.0. The Morgan fingerprint density at radius 1 is 1.37 bits per heavy atom. The van der Waals surface area contributed by atoms with Crippen molar-refractivity contribution in [3.05, 3.63) is 52.7 Å². The molecule has 0 saturated heterocycles. The molecule has 0 spiro atoms. The van der Waals surface area contributed by atoms with Gasteiger partial charge in [-0.3, -0.25) is 9.52 Å². The third kappa shape index (κ3) is 4.77. The van der Waals surface area contributed by atoms with Gasteiger partial charge in [-0.25, -0.2) is 22.2 Å². The minimum atomic E-state index is -3.82. The molecule has 2 rings (SSSR count). The monoisotopic (exact) mass is 394 g/mol. The molecule has 2 aromatic rings. The number of nitriles is 1. The number of nitrogens with one attached hydrogen (secondary N) is 1. The van der Waals surface area contributed by atoms with Gasteiger partial charge in [-0.1, -0.05) is 6.92 Å². The van der Waals surface area contributed by atoms with Crippen LogP contribution in [0.4, 0.5) is 20.3 Å². The van der Waals surface area contributed by atoms with Gasteiger partial charge < -0.3 is 5.73 Å². The molecule has 27 heavy (non-hydrogen) atoms. The van der Waals surface area contributed by atoms with Crippen molar-refractivity contribution < 1.29 is 22.0 Å². The molecule has 0 aliphatic rings. The summed E-state index contributed by atoms with van der Waals surface area (Å²) >= 11 is 0. The Morgan fingerprint density at radius 2 is 2.07 bits per heavy atom. The normalized spacial score (nSPS) is 11.0. The molecular formula is C17H16F2N4O3S. The maximum absolute atomic E-state index is 14.6. The lowest BCUT2D eigenvalue weighted by Gasteiger charge is -2.11. The number of aromatic nitrogens is 1. The SMILES string of the molecule is CCCS(=O)(=O)Nc1ccc(F)c(C(=O)Cc2cnc(N)c(C#N)c2)c1F. The zero-order chi connectivity index (χ0) is 20.2. The lowest BCUT2D eigenvalue weighted by Crippen LogP contribution is -2.19. The molecule has 7 nitrogen and oxygen atoms in total. The summed E-state index contributed by atoms with van der Waals surface area (Å²) in [5.41, 5.74) is 4.37. The molecule has 0 fully saturated rings. The number of sulfonamides is 1. The number of ketones is 1. The van der Waals surface area contributed by atoms with Crippen LogP contribution in [0.25, 0.3) is 0 Å². The van der Waals surface area contributed by atoms with E-state index in [-0.39, 0.29) is 22.7 Å². The first-order chi connectivity index (χ1) is 12.7. The van der Waals surface area contributed by atoms with Crippen LogP contribution in [-0.4, -0.2) is 24.9 Å². The van der Waals surface area contributed by atoms with Gasteiger partial charge in [0.25, 0.3) is 0 Å². The first-order valence-corrected chi connectivity index (χ1v) is 9.50. The van der Waals surface area contributed by atoms with Crippen molar-refractivity contribution in [2.45, 2.75) is 19.8 Å². The summed E-state index contributed by atoms with van der Waals surface area (Å²) in [5, 5.41) is 8.93. The highest BCUT2D eigenvalue weighted by Gasteiger charge is 2.23. The number of nitrogens with two attached hydrogens (primary N) is 1. The second-order valence-electron chi connectivity index (χ2n) is 5.69.